The molecule has 0 aliphatic heterocycles. The number of aliphatic hydroxyl groups excluding tert-OH is 1. The van der Waals surface area contributed by atoms with Crippen LogP contribution < -0.4 is 0 Å². The molecule has 0 fully saturated rings. The van der Waals surface area contributed by atoms with Crippen molar-refractivity contribution in [3.8, 4) is 0 Å². The maximum Gasteiger partial charge on any atom is 0.547 e. The van der Waals surface area contributed by atoms with Crippen molar-refractivity contribution < 1.29 is 19.4 Å². The van der Waals surface area contributed by atoms with E-state index in [9.17, 15) is 4.79 Å². The Morgan fingerprint density at radius 3 is 2.72 bits per heavy atom. The summed E-state index contributed by atoms with van der Waals surface area (Å²) in [4.78, 5) is 14.1. The van der Waals surface area contributed by atoms with Crippen LogP contribution >= 0.6 is 0 Å². The van der Waals surface area contributed by atoms with Crippen molar-refractivity contribution >= 4 is 5.97 Å². The lowest BCUT2D eigenvalue weighted by molar-refractivity contribution is -0.140. The van der Waals surface area contributed by atoms with Gasteiger partial charge in [-0.25, -0.2) is 4.79 Å². The highest BCUT2D eigenvalue weighted by Gasteiger charge is 2.32. The fraction of sp³-hybridized carbons (Fsp3) is 0.583. The van der Waals surface area contributed by atoms with Crippen LogP contribution in [0, 0.1) is 11.3 Å². The van der Waals surface area contributed by atoms with E-state index in [2.05, 4.69) is 16.3 Å². The molecule has 0 aliphatic carbocycles. The first kappa shape index (κ1) is 16.0. The van der Waals surface area contributed by atoms with Crippen molar-refractivity contribution in [2.45, 2.75) is 26.2 Å². The van der Waals surface area contributed by atoms with E-state index in [0.29, 0.717) is 0 Å². The number of allylic oxidation sites excluding steroid dienone is 1. The van der Waals surface area contributed by atoms with E-state index in [1.165, 1.54) is 0 Å². The smallest absolute Gasteiger partial charge is 0.475 e. The van der Waals surface area contributed by atoms with Crippen LogP contribution in [0.4, 0.5) is 0 Å². The van der Waals surface area contributed by atoms with E-state index >= 15 is 0 Å². The van der Waals surface area contributed by atoms with Crippen molar-refractivity contribution in [1.82, 2.24) is 0 Å². The van der Waals surface area contributed by atoms with Gasteiger partial charge in [0.2, 0.25) is 5.39 Å². The molecule has 0 amide bonds. The van der Waals surface area contributed by atoms with E-state index in [-0.39, 0.29) is 12.5 Å². The average molecular weight is 255 g/mol. The maximum atomic E-state index is 11.5. The summed E-state index contributed by atoms with van der Waals surface area (Å²) >= 11 is 0. The number of methoxy groups -OCH3 is 1. The molecule has 0 bridgehead atoms. The molecule has 0 rings (SSSR count). The first-order valence-electron chi connectivity index (χ1n) is 5.70. The van der Waals surface area contributed by atoms with Crippen molar-refractivity contribution in [2.24, 2.45) is 5.92 Å². The second-order valence-corrected chi connectivity index (χ2v) is 3.70. The lowest BCUT2D eigenvalue weighted by Crippen LogP contribution is -2.15. The molecule has 18 heavy (non-hydrogen) atoms. The van der Waals surface area contributed by atoms with E-state index in [0.717, 1.165) is 26.4 Å². The fourth-order valence-electron chi connectivity index (χ4n) is 1.29. The minimum absolute atomic E-state index is 0.194. The molecule has 0 aromatic heterocycles. The molecule has 0 radical (unpaired) electrons. The van der Waals surface area contributed by atoms with Gasteiger partial charge in [-0.15, -0.1) is 6.58 Å². The Bertz CT molecular complexity index is 358. The van der Waals surface area contributed by atoms with E-state index in [1.54, 1.807) is 6.08 Å². The van der Waals surface area contributed by atoms with Gasteiger partial charge in [0.05, 0.1) is 13.7 Å². The fourth-order valence-corrected chi connectivity index (χ4v) is 1.29. The summed E-state index contributed by atoms with van der Waals surface area (Å²) in [6.07, 6.45) is 4.35. The first-order chi connectivity index (χ1) is 8.60. The zero-order valence-electron chi connectivity index (χ0n) is 10.8. The number of hydrogen-bond donors (Lipinski definition) is 1. The second-order valence-electron chi connectivity index (χ2n) is 3.70. The van der Waals surface area contributed by atoms with Crippen molar-refractivity contribution in [2.75, 3.05) is 13.7 Å². The summed E-state index contributed by atoms with van der Waals surface area (Å²) in [6.45, 7) is 5.81. The van der Waals surface area contributed by atoms with Gasteiger partial charge in [0.1, 0.15) is 0 Å². The number of aliphatic hydroxyl groups is 1. The Morgan fingerprint density at radius 2 is 2.28 bits per heavy atom. The van der Waals surface area contributed by atoms with Gasteiger partial charge in [-0.1, -0.05) is 19.4 Å². The lowest BCUT2D eigenvalue weighted by Gasteiger charge is -2.12. The molecule has 1 N–H and O–H groups in total. The summed E-state index contributed by atoms with van der Waals surface area (Å²) < 4.78 is 9.33. The first-order valence-corrected chi connectivity index (χ1v) is 5.70. The molecule has 0 aliphatic rings. The minimum Gasteiger partial charge on any atom is -0.475 e. The van der Waals surface area contributed by atoms with Crippen LogP contribution in [0.2, 0.25) is 0 Å². The van der Waals surface area contributed by atoms with Gasteiger partial charge in [-0.2, -0.15) is 0 Å². The maximum absolute atomic E-state index is 11.5. The van der Waals surface area contributed by atoms with Gasteiger partial charge in [-0.3, -0.25) is 0 Å². The topological polar surface area (TPSA) is 83.9 Å². The summed E-state index contributed by atoms with van der Waals surface area (Å²) in [5, 5.41) is 17.7. The number of hydrogen-bond acceptors (Lipinski definition) is 5. The van der Waals surface area contributed by atoms with Crippen molar-refractivity contribution in [1.29, 1.82) is 5.39 Å². The number of carbonyl (C=O) groups excluding carboxylic acids is 1. The molecule has 6 nitrogen and oxygen atoms in total. The number of esters is 1. The predicted molar refractivity (Wildman–Crippen MR) is 65.9 cm³/mol. The predicted octanol–water partition coefficient (Wildman–Crippen LogP) is 2.75. The molecule has 0 spiro atoms. The second kappa shape index (κ2) is 9.05. The zero-order chi connectivity index (χ0) is 14.0. The summed E-state index contributed by atoms with van der Waals surface area (Å²) in [7, 11) is 1.15. The molecule has 100 valence electrons. The molecular formula is C12H19N2O4+. The Kier molecular flexibility index (Phi) is 8.03. The normalized spacial score (nSPS) is 12.9. The van der Waals surface area contributed by atoms with E-state index in [1.807, 2.05) is 6.92 Å². The number of nitrogens with zero attached hydrogens (tertiary/aromatic N) is 2. The Labute approximate surface area is 107 Å². The molecule has 1 unspecified atom stereocenters. The standard InChI is InChI=1S/C12H18N2O4/c1-4-6-7-9(5-2)8-18-12(16)10(14-13)11(15)17-3/h4,9H,1,5-8H2,2-3H3/p+1. The van der Waals surface area contributed by atoms with E-state index in [4.69, 9.17) is 15.2 Å². The molecule has 6 heteroatoms. The third-order valence-electron chi connectivity index (χ3n) is 2.50. The monoisotopic (exact) mass is 255 g/mol. The highest BCUT2D eigenvalue weighted by atomic mass is 16.6. The van der Waals surface area contributed by atoms with Crippen LogP contribution in [0.1, 0.15) is 26.2 Å². The summed E-state index contributed by atoms with van der Waals surface area (Å²) in [5.74, 6) is -1.49. The minimum atomic E-state index is -0.922. The Morgan fingerprint density at radius 1 is 1.61 bits per heavy atom. The Hall–Kier alpha value is -2.03. The highest BCUT2D eigenvalue weighted by Crippen LogP contribution is 2.14. The van der Waals surface area contributed by atoms with Gasteiger partial charge in [0.25, 0.3) is 0 Å². The average Bonchev–Trinajstić information content (AvgIpc) is 2.39. The molecule has 0 aromatic carbocycles. The Balaban J connectivity index is 4.40. The molecule has 0 saturated carbocycles. The highest BCUT2D eigenvalue weighted by molar-refractivity contribution is 5.90. The van der Waals surface area contributed by atoms with Gasteiger partial charge in [0.15, 0.2) is 4.98 Å². The van der Waals surface area contributed by atoms with Crippen LogP contribution in [-0.4, -0.2) is 24.8 Å². The van der Waals surface area contributed by atoms with Crippen molar-refractivity contribution in [3.05, 3.63) is 29.3 Å². The third-order valence-corrected chi connectivity index (χ3v) is 2.50. The van der Waals surface area contributed by atoms with Crippen LogP contribution in [0.25, 0.3) is 4.98 Å². The summed E-state index contributed by atoms with van der Waals surface area (Å²) in [5.41, 5.74) is -0.643. The largest absolute Gasteiger partial charge is 0.547 e. The number of diazo groups is 1. The van der Waals surface area contributed by atoms with Gasteiger partial charge >= 0.3 is 17.6 Å². The van der Waals surface area contributed by atoms with Crippen molar-refractivity contribution in [3.63, 3.8) is 0 Å². The van der Waals surface area contributed by atoms with Crippen LogP contribution in [0.15, 0.2) is 24.3 Å². The van der Waals surface area contributed by atoms with Gasteiger partial charge in [0, 0.05) is 0 Å². The molecule has 0 saturated heterocycles. The van der Waals surface area contributed by atoms with E-state index < -0.39 is 17.6 Å². The third kappa shape index (κ3) is 5.34. The number of ether oxygens (including phenoxy) is 2. The van der Waals surface area contributed by atoms with Gasteiger partial charge < -0.3 is 14.6 Å². The molecule has 1 atom stereocenters. The molecular weight excluding hydrogens is 236 g/mol. The lowest BCUT2D eigenvalue weighted by atomic mass is 10.0. The number of rotatable bonds is 8. The SMILES string of the molecule is C=CCCC(CC)COC(=O)/C([N+]#N)=C(/O)OC. The quantitative estimate of drug-likeness (QED) is 0.237. The van der Waals surface area contributed by atoms with Crippen LogP contribution in [-0.2, 0) is 14.3 Å². The van der Waals surface area contributed by atoms with Crippen LogP contribution in [0.3, 0.4) is 0 Å². The molecule has 0 aromatic rings. The summed E-state index contributed by atoms with van der Waals surface area (Å²) in [6, 6.07) is 0. The van der Waals surface area contributed by atoms with Gasteiger partial charge in [-0.05, 0) is 18.8 Å². The van der Waals surface area contributed by atoms with Crippen LogP contribution in [0.5, 0.6) is 0 Å². The zero-order valence-corrected chi connectivity index (χ0v) is 10.8. The number of carbonyl (C=O) groups is 1. The molecule has 0 heterocycles.